The summed E-state index contributed by atoms with van der Waals surface area (Å²) in [7, 11) is 0. The second-order valence-corrected chi connectivity index (χ2v) is 9.83. The van der Waals surface area contributed by atoms with E-state index in [4.69, 9.17) is 10.2 Å². The number of para-hydroxylation sites is 2. The van der Waals surface area contributed by atoms with E-state index in [9.17, 15) is 9.59 Å². The quantitative estimate of drug-likeness (QED) is 0.271. The molecule has 1 aliphatic heterocycles. The highest BCUT2D eigenvalue weighted by Crippen LogP contribution is 2.45. The van der Waals surface area contributed by atoms with E-state index in [0.717, 1.165) is 30.8 Å². The van der Waals surface area contributed by atoms with Gasteiger partial charge in [-0.2, -0.15) is 4.57 Å². The molecule has 6 nitrogen and oxygen atoms in total. The highest BCUT2D eigenvalue weighted by Gasteiger charge is 2.24. The van der Waals surface area contributed by atoms with Crippen molar-refractivity contribution in [3.05, 3.63) is 95.0 Å². The van der Waals surface area contributed by atoms with Gasteiger partial charge in [0.25, 0.3) is 5.01 Å². The molecule has 2 N–H and O–H groups in total. The van der Waals surface area contributed by atoms with Crippen molar-refractivity contribution in [1.29, 1.82) is 0 Å². The maximum atomic E-state index is 11.1. The summed E-state index contributed by atoms with van der Waals surface area (Å²) in [4.78, 5) is 25.3. The summed E-state index contributed by atoms with van der Waals surface area (Å²) >= 11 is 3.27. The summed E-state index contributed by atoms with van der Waals surface area (Å²) < 4.78 is 3.16. The lowest BCUT2D eigenvalue weighted by molar-refractivity contribution is -0.667. The van der Waals surface area contributed by atoms with E-state index in [1.807, 2.05) is 101 Å². The lowest BCUT2D eigenvalue weighted by Gasteiger charge is -2.19. The number of thiazole rings is 1. The monoisotopic (exact) mass is 505 g/mol. The predicted molar refractivity (Wildman–Crippen MR) is 142 cm³/mol. The number of fused-ring (bicyclic) bond motifs is 2. The van der Waals surface area contributed by atoms with Gasteiger partial charge < -0.3 is 15.1 Å². The zero-order valence-corrected chi connectivity index (χ0v) is 20.5. The Kier molecular flexibility index (Phi) is 8.18. The highest BCUT2D eigenvalue weighted by atomic mass is 32.2. The van der Waals surface area contributed by atoms with Crippen molar-refractivity contribution < 1.29 is 24.4 Å². The Bertz CT molecular complexity index is 1350. The molecule has 8 heteroatoms. The van der Waals surface area contributed by atoms with Gasteiger partial charge in [-0.1, -0.05) is 77.7 Å². The Hall–Kier alpha value is -3.62. The number of carbonyl (C=O) groups is 2. The van der Waals surface area contributed by atoms with Crippen LogP contribution in [0.1, 0.15) is 17.8 Å². The van der Waals surface area contributed by atoms with Crippen LogP contribution in [0.4, 0.5) is 5.69 Å². The van der Waals surface area contributed by atoms with Crippen LogP contribution in [0, 0.1) is 0 Å². The summed E-state index contributed by atoms with van der Waals surface area (Å²) in [5.41, 5.74) is 2.08. The Labute approximate surface area is 211 Å². The van der Waals surface area contributed by atoms with Gasteiger partial charge in [0.15, 0.2) is 6.54 Å². The van der Waals surface area contributed by atoms with Gasteiger partial charge in [0.05, 0.1) is 17.1 Å². The molecule has 35 heavy (non-hydrogen) atoms. The first-order valence-electron chi connectivity index (χ1n) is 11.1. The molecule has 0 bridgehead atoms. The number of rotatable bonds is 10. The number of carboxylic acids is 2. The fourth-order valence-electron chi connectivity index (χ4n) is 3.70. The van der Waals surface area contributed by atoms with Crippen LogP contribution < -0.4 is 9.47 Å². The number of aromatic nitrogens is 1. The largest absolute Gasteiger partial charge is 0.481 e. The molecule has 178 valence electrons. The number of hydrogen-bond acceptors (Lipinski definition) is 5. The molecular formula is C27H25N2O4S2+. The van der Waals surface area contributed by atoms with Gasteiger partial charge in [0, 0.05) is 23.6 Å². The molecule has 0 radical (unpaired) electrons. The van der Waals surface area contributed by atoms with Crippen LogP contribution in [-0.2, 0) is 16.1 Å². The molecule has 0 saturated heterocycles. The van der Waals surface area contributed by atoms with Gasteiger partial charge >= 0.3 is 11.9 Å². The molecule has 0 spiro atoms. The maximum absolute atomic E-state index is 11.1. The molecule has 0 fully saturated rings. The minimum atomic E-state index is -0.813. The van der Waals surface area contributed by atoms with Gasteiger partial charge in [-0.05, 0) is 24.3 Å². The van der Waals surface area contributed by atoms with Crippen LogP contribution in [0.25, 0.3) is 16.3 Å². The van der Waals surface area contributed by atoms with Crippen molar-refractivity contribution in [1.82, 2.24) is 0 Å². The van der Waals surface area contributed by atoms with Crippen molar-refractivity contribution in [2.24, 2.45) is 0 Å². The van der Waals surface area contributed by atoms with Gasteiger partial charge in [0.1, 0.15) is 11.1 Å². The Morgan fingerprint density at radius 2 is 1.60 bits per heavy atom. The number of nitrogens with zero attached hydrogens (tertiary/aromatic N) is 2. The summed E-state index contributed by atoms with van der Waals surface area (Å²) in [6, 6.07) is 16.0. The van der Waals surface area contributed by atoms with Crippen LogP contribution in [0.15, 0.2) is 94.9 Å². The normalized spacial score (nSPS) is 14.7. The predicted octanol–water partition coefficient (Wildman–Crippen LogP) is 5.72. The summed E-state index contributed by atoms with van der Waals surface area (Å²) in [6.45, 7) is 0.850. The Morgan fingerprint density at radius 1 is 0.886 bits per heavy atom. The summed E-state index contributed by atoms with van der Waals surface area (Å²) in [5.74, 6) is -1.63. The molecule has 1 aliphatic rings. The second kappa shape index (κ2) is 11.7. The molecule has 2 aromatic carbocycles. The average molecular weight is 506 g/mol. The molecule has 4 rings (SSSR count). The molecule has 0 atom stereocenters. The fraction of sp³-hybridized carbons (Fsp3) is 0.148. The van der Waals surface area contributed by atoms with Crippen LogP contribution >= 0.6 is 23.1 Å². The maximum Gasteiger partial charge on any atom is 0.309 e. The van der Waals surface area contributed by atoms with Crippen molar-refractivity contribution in [3.8, 4) is 0 Å². The van der Waals surface area contributed by atoms with E-state index in [-0.39, 0.29) is 12.8 Å². The van der Waals surface area contributed by atoms with Crippen molar-refractivity contribution in [3.63, 3.8) is 0 Å². The number of allylic oxidation sites excluding steroid dienone is 6. The van der Waals surface area contributed by atoms with E-state index in [0.29, 0.717) is 13.1 Å². The number of thioether (sulfide) groups is 1. The van der Waals surface area contributed by atoms with Gasteiger partial charge in [-0.3, -0.25) is 9.59 Å². The van der Waals surface area contributed by atoms with E-state index in [1.54, 1.807) is 23.1 Å². The standard InChI is InChI=1S/C27H24N2O4S2/c30-26(31)16-18-28-20-10-6-8-12-22(20)34-24(28)14-4-2-1-3-5-15-25-29(19-17-27(32)33)21-11-7-9-13-23(21)35-25/h1-15H,16-19H2,(H-,30,31,32,33)/p+1. The molecule has 0 amide bonds. The molecule has 0 saturated carbocycles. The molecular weight excluding hydrogens is 480 g/mol. The zero-order valence-electron chi connectivity index (χ0n) is 18.9. The van der Waals surface area contributed by atoms with E-state index < -0.39 is 11.9 Å². The third-order valence-corrected chi connectivity index (χ3v) is 7.56. The van der Waals surface area contributed by atoms with Crippen LogP contribution in [0.5, 0.6) is 0 Å². The number of aryl methyl sites for hydroxylation is 1. The minimum absolute atomic E-state index is 0.0742. The number of benzene rings is 2. The number of hydrogen-bond donors (Lipinski definition) is 2. The average Bonchev–Trinajstić information content (AvgIpc) is 3.38. The van der Waals surface area contributed by atoms with Crippen LogP contribution in [0.3, 0.4) is 0 Å². The lowest BCUT2D eigenvalue weighted by Crippen LogP contribution is -2.36. The number of aliphatic carboxylic acids is 2. The SMILES string of the molecule is O=C(O)CCN1C(=CC=CC=CC=Cc2sc3ccccc3[n+]2CCC(=O)O)Sc2ccccc21. The summed E-state index contributed by atoms with van der Waals surface area (Å²) in [5, 5.41) is 20.2. The second-order valence-electron chi connectivity index (χ2n) is 7.70. The summed E-state index contributed by atoms with van der Waals surface area (Å²) in [6.07, 6.45) is 13.8. The van der Waals surface area contributed by atoms with E-state index in [2.05, 4.69) is 0 Å². The first-order valence-corrected chi connectivity index (χ1v) is 12.8. The smallest absolute Gasteiger partial charge is 0.309 e. The van der Waals surface area contributed by atoms with E-state index >= 15 is 0 Å². The highest BCUT2D eigenvalue weighted by molar-refractivity contribution is 8.03. The van der Waals surface area contributed by atoms with Crippen molar-refractivity contribution in [2.75, 3.05) is 11.4 Å². The Morgan fingerprint density at radius 3 is 2.43 bits per heavy atom. The minimum Gasteiger partial charge on any atom is -0.481 e. The molecule has 2 heterocycles. The molecule has 3 aromatic rings. The lowest BCUT2D eigenvalue weighted by atomic mass is 10.2. The first-order chi connectivity index (χ1) is 17.0. The van der Waals surface area contributed by atoms with E-state index in [1.165, 1.54) is 0 Å². The molecule has 0 aliphatic carbocycles. The third kappa shape index (κ3) is 6.29. The van der Waals surface area contributed by atoms with Gasteiger partial charge in [-0.25, -0.2) is 0 Å². The Balaban J connectivity index is 1.43. The molecule has 0 unspecified atom stereocenters. The zero-order chi connectivity index (χ0) is 24.6. The van der Waals surface area contributed by atoms with Crippen molar-refractivity contribution >= 4 is 57.0 Å². The first kappa shape index (κ1) is 24.5. The number of anilines is 1. The van der Waals surface area contributed by atoms with Crippen molar-refractivity contribution in [2.45, 2.75) is 24.3 Å². The van der Waals surface area contributed by atoms with Crippen LogP contribution in [0.2, 0.25) is 0 Å². The number of carboxylic acid groups (broad SMARTS) is 2. The van der Waals surface area contributed by atoms with Gasteiger partial charge in [0.2, 0.25) is 5.52 Å². The topological polar surface area (TPSA) is 81.7 Å². The van der Waals surface area contributed by atoms with Gasteiger partial charge in [-0.15, -0.1) is 0 Å². The van der Waals surface area contributed by atoms with Crippen LogP contribution in [-0.4, -0.2) is 28.7 Å². The fourth-order valence-corrected chi connectivity index (χ4v) is 5.90. The molecule has 1 aromatic heterocycles. The third-order valence-electron chi connectivity index (χ3n) is 5.29.